The van der Waals surface area contributed by atoms with Crippen molar-refractivity contribution in [3.05, 3.63) is 25.9 Å². The standard InChI is InChI=1S/C6H15N.C2H5N.C2H4/c1-5(2)4-6(3)7;1-2-3;1-2/h5-6H,4,7H2,1-3H3;2H,1,3H2;1-2H2. The van der Waals surface area contributed by atoms with Gasteiger partial charge in [-0.15, -0.1) is 13.2 Å². The summed E-state index contributed by atoms with van der Waals surface area (Å²) in [5, 5.41) is 0. The molecule has 0 aliphatic rings. The molecule has 0 aromatic heterocycles. The molecule has 0 amide bonds. The summed E-state index contributed by atoms with van der Waals surface area (Å²) >= 11 is 0. The molecule has 0 rings (SSSR count). The van der Waals surface area contributed by atoms with Gasteiger partial charge in [0.05, 0.1) is 0 Å². The molecule has 2 nitrogen and oxygen atoms in total. The van der Waals surface area contributed by atoms with E-state index >= 15 is 0 Å². The molecular formula is C10H24N2. The van der Waals surface area contributed by atoms with Crippen molar-refractivity contribution in [3.63, 3.8) is 0 Å². The molecule has 1 unspecified atom stereocenters. The summed E-state index contributed by atoms with van der Waals surface area (Å²) < 4.78 is 0. The van der Waals surface area contributed by atoms with Crippen molar-refractivity contribution in [2.75, 3.05) is 0 Å². The quantitative estimate of drug-likeness (QED) is 0.628. The van der Waals surface area contributed by atoms with E-state index in [2.05, 4.69) is 39.3 Å². The summed E-state index contributed by atoms with van der Waals surface area (Å²) in [5.41, 5.74) is 10.1. The molecule has 2 heteroatoms. The van der Waals surface area contributed by atoms with Crippen molar-refractivity contribution in [3.8, 4) is 0 Å². The summed E-state index contributed by atoms with van der Waals surface area (Å²) in [4.78, 5) is 0. The van der Waals surface area contributed by atoms with Crippen LogP contribution in [0, 0.1) is 5.92 Å². The van der Waals surface area contributed by atoms with Crippen LogP contribution in [0.5, 0.6) is 0 Å². The summed E-state index contributed by atoms with van der Waals surface area (Å²) in [5.74, 6) is 0.750. The zero-order chi connectivity index (χ0) is 10.6. The highest BCUT2D eigenvalue weighted by molar-refractivity contribution is 4.54. The molecule has 0 fully saturated rings. The van der Waals surface area contributed by atoms with Crippen molar-refractivity contribution < 1.29 is 0 Å². The van der Waals surface area contributed by atoms with Gasteiger partial charge in [0.15, 0.2) is 0 Å². The van der Waals surface area contributed by atoms with Crippen molar-refractivity contribution >= 4 is 0 Å². The lowest BCUT2D eigenvalue weighted by molar-refractivity contribution is 0.520. The molecular weight excluding hydrogens is 148 g/mol. The molecule has 12 heavy (non-hydrogen) atoms. The van der Waals surface area contributed by atoms with Gasteiger partial charge in [0, 0.05) is 6.04 Å². The third-order valence-corrected chi connectivity index (χ3v) is 0.843. The molecule has 1 atom stereocenters. The summed E-state index contributed by atoms with van der Waals surface area (Å²) in [6.45, 7) is 15.5. The van der Waals surface area contributed by atoms with E-state index in [0.29, 0.717) is 6.04 Å². The highest BCUT2D eigenvalue weighted by Crippen LogP contribution is 2.00. The molecule has 0 aromatic carbocycles. The second-order valence-electron chi connectivity index (χ2n) is 2.84. The molecule has 0 spiro atoms. The maximum atomic E-state index is 5.49. The molecule has 0 aliphatic heterocycles. The highest BCUT2D eigenvalue weighted by atomic mass is 14.6. The van der Waals surface area contributed by atoms with Crippen molar-refractivity contribution in [2.24, 2.45) is 17.4 Å². The predicted octanol–water partition coefficient (Wildman–Crippen LogP) is 2.27. The van der Waals surface area contributed by atoms with Crippen molar-refractivity contribution in [1.29, 1.82) is 0 Å². The molecule has 0 radical (unpaired) electrons. The Kier molecular flexibility index (Phi) is 24.1. The van der Waals surface area contributed by atoms with Crippen LogP contribution in [0.1, 0.15) is 27.2 Å². The van der Waals surface area contributed by atoms with E-state index in [0.717, 1.165) is 12.3 Å². The average Bonchev–Trinajstić information content (AvgIpc) is 1.90. The Bertz CT molecular complexity index is 71.9. The first-order chi connectivity index (χ1) is 5.54. The topological polar surface area (TPSA) is 52.0 Å². The van der Waals surface area contributed by atoms with E-state index in [4.69, 9.17) is 5.73 Å². The van der Waals surface area contributed by atoms with Crippen LogP contribution in [-0.4, -0.2) is 6.04 Å². The predicted molar refractivity (Wildman–Crippen MR) is 58.7 cm³/mol. The largest absolute Gasteiger partial charge is 0.405 e. The van der Waals surface area contributed by atoms with Crippen LogP contribution >= 0.6 is 0 Å². The number of hydrogen-bond donors (Lipinski definition) is 2. The van der Waals surface area contributed by atoms with Crippen molar-refractivity contribution in [2.45, 2.75) is 33.2 Å². The normalized spacial score (nSPS) is 10.1. The highest BCUT2D eigenvalue weighted by Gasteiger charge is 1.95. The zero-order valence-corrected chi connectivity index (χ0v) is 8.72. The molecule has 0 heterocycles. The summed E-state index contributed by atoms with van der Waals surface area (Å²) in [7, 11) is 0. The van der Waals surface area contributed by atoms with Gasteiger partial charge < -0.3 is 11.5 Å². The Balaban J connectivity index is -0.000000137. The number of rotatable bonds is 2. The summed E-state index contributed by atoms with van der Waals surface area (Å²) in [6.07, 6.45) is 2.39. The smallest absolute Gasteiger partial charge is 0.00129 e. The van der Waals surface area contributed by atoms with Gasteiger partial charge in [-0.3, -0.25) is 0 Å². The first-order valence-corrected chi connectivity index (χ1v) is 4.12. The lowest BCUT2D eigenvalue weighted by atomic mass is 10.1. The molecule has 0 saturated carbocycles. The monoisotopic (exact) mass is 172 g/mol. The number of hydrogen-bond acceptors (Lipinski definition) is 2. The van der Waals surface area contributed by atoms with E-state index in [-0.39, 0.29) is 0 Å². The van der Waals surface area contributed by atoms with Gasteiger partial charge in [0.25, 0.3) is 0 Å². The lowest BCUT2D eigenvalue weighted by Crippen LogP contribution is -2.16. The molecule has 0 aliphatic carbocycles. The molecule has 0 aromatic rings. The molecule has 74 valence electrons. The van der Waals surface area contributed by atoms with Gasteiger partial charge in [-0.25, -0.2) is 0 Å². The first kappa shape index (κ1) is 17.4. The SMILES string of the molecule is C=C.C=CN.CC(C)CC(C)N. The molecule has 0 saturated heterocycles. The van der Waals surface area contributed by atoms with Crippen LogP contribution in [-0.2, 0) is 0 Å². The van der Waals surface area contributed by atoms with Crippen LogP contribution in [0.4, 0.5) is 0 Å². The van der Waals surface area contributed by atoms with Crippen LogP contribution in [0.2, 0.25) is 0 Å². The van der Waals surface area contributed by atoms with Gasteiger partial charge in [0.1, 0.15) is 0 Å². The van der Waals surface area contributed by atoms with Gasteiger partial charge in [-0.05, 0) is 25.5 Å². The van der Waals surface area contributed by atoms with Gasteiger partial charge in [-0.1, -0.05) is 20.4 Å². The zero-order valence-electron chi connectivity index (χ0n) is 8.72. The maximum Gasteiger partial charge on any atom is 0.00129 e. The Morgan fingerprint density at radius 3 is 1.50 bits per heavy atom. The van der Waals surface area contributed by atoms with Crippen LogP contribution in [0.25, 0.3) is 0 Å². The fourth-order valence-corrected chi connectivity index (χ4v) is 0.744. The van der Waals surface area contributed by atoms with Gasteiger partial charge in [-0.2, -0.15) is 0 Å². The van der Waals surface area contributed by atoms with E-state index in [1.54, 1.807) is 0 Å². The third kappa shape index (κ3) is 59.8. The van der Waals surface area contributed by atoms with Crippen LogP contribution in [0.3, 0.4) is 0 Å². The first-order valence-electron chi connectivity index (χ1n) is 4.12. The minimum atomic E-state index is 0.375. The fourth-order valence-electron chi connectivity index (χ4n) is 0.744. The summed E-state index contributed by atoms with van der Waals surface area (Å²) in [6, 6.07) is 0.375. The van der Waals surface area contributed by atoms with E-state index in [9.17, 15) is 0 Å². The fraction of sp³-hybridized carbons (Fsp3) is 0.600. The van der Waals surface area contributed by atoms with E-state index in [1.807, 2.05) is 6.92 Å². The van der Waals surface area contributed by atoms with Crippen LogP contribution in [0.15, 0.2) is 25.9 Å². The van der Waals surface area contributed by atoms with Gasteiger partial charge in [0.2, 0.25) is 0 Å². The van der Waals surface area contributed by atoms with Gasteiger partial charge >= 0.3 is 0 Å². The van der Waals surface area contributed by atoms with Crippen molar-refractivity contribution in [1.82, 2.24) is 0 Å². The molecule has 0 bridgehead atoms. The van der Waals surface area contributed by atoms with E-state index in [1.165, 1.54) is 6.20 Å². The third-order valence-electron chi connectivity index (χ3n) is 0.843. The Morgan fingerprint density at radius 1 is 1.25 bits per heavy atom. The number of nitrogens with two attached hydrogens (primary N) is 2. The Labute approximate surface area is 77.3 Å². The lowest BCUT2D eigenvalue weighted by Gasteiger charge is -2.05. The van der Waals surface area contributed by atoms with Crippen LogP contribution < -0.4 is 11.5 Å². The Morgan fingerprint density at radius 2 is 1.50 bits per heavy atom. The average molecular weight is 172 g/mol. The Hall–Kier alpha value is -0.760. The molecule has 4 N–H and O–H groups in total. The second kappa shape index (κ2) is 16.7. The minimum absolute atomic E-state index is 0.375. The maximum absolute atomic E-state index is 5.49. The minimum Gasteiger partial charge on any atom is -0.405 e. The second-order valence-corrected chi connectivity index (χ2v) is 2.84. The van der Waals surface area contributed by atoms with E-state index < -0.39 is 0 Å².